The Bertz CT molecular complexity index is 417. The largest absolute Gasteiger partial charge is 0.365 e. The third-order valence-electron chi connectivity index (χ3n) is 1.66. The molecule has 0 aliphatic heterocycles. The monoisotopic (exact) mass is 214 g/mol. The van der Waals surface area contributed by atoms with Crippen molar-refractivity contribution in [3.8, 4) is 0 Å². The van der Waals surface area contributed by atoms with Gasteiger partial charge in [0.05, 0.1) is 9.95 Å². The molecule has 0 atom stereocenters. The second kappa shape index (κ2) is 3.63. The number of nitrogens with zero attached hydrogens (tertiary/aromatic N) is 1. The van der Waals surface area contributed by atoms with Crippen molar-refractivity contribution in [3.05, 3.63) is 38.4 Å². The van der Waals surface area contributed by atoms with Crippen LogP contribution in [0.5, 0.6) is 0 Å². The summed E-state index contributed by atoms with van der Waals surface area (Å²) >= 11 is 5.67. The lowest BCUT2D eigenvalue weighted by atomic mass is 10.1. The zero-order valence-electron chi connectivity index (χ0n) is 7.28. The first-order valence-corrected chi connectivity index (χ1v) is 4.05. The third-order valence-corrected chi connectivity index (χ3v) is 1.95. The number of hydrogen-bond acceptors (Lipinski definition) is 3. The summed E-state index contributed by atoms with van der Waals surface area (Å²) in [7, 11) is 0. The maximum atomic E-state index is 10.9. The predicted octanol–water partition coefficient (Wildman–Crippen LogP) is 1.66. The van der Waals surface area contributed by atoms with Gasteiger partial charge in [-0.15, -0.1) is 0 Å². The number of benzene rings is 1. The lowest BCUT2D eigenvalue weighted by Gasteiger charge is -2.02. The number of nitro benzene ring substituents is 1. The van der Waals surface area contributed by atoms with E-state index in [1.165, 1.54) is 12.1 Å². The van der Waals surface area contributed by atoms with Gasteiger partial charge in [0.1, 0.15) is 5.56 Å². The summed E-state index contributed by atoms with van der Waals surface area (Å²) in [5.74, 6) is -0.901. The topological polar surface area (TPSA) is 86.2 Å². The molecule has 1 amide bonds. The summed E-state index contributed by atoms with van der Waals surface area (Å²) in [6.45, 7) is 1.64. The first kappa shape index (κ1) is 10.5. The van der Waals surface area contributed by atoms with Crippen LogP contribution in [0.1, 0.15) is 15.9 Å². The number of rotatable bonds is 2. The van der Waals surface area contributed by atoms with Crippen LogP contribution < -0.4 is 5.73 Å². The number of amides is 1. The van der Waals surface area contributed by atoms with E-state index in [1.54, 1.807) is 6.92 Å². The minimum absolute atomic E-state index is 0.00389. The highest BCUT2D eigenvalue weighted by molar-refractivity contribution is 6.34. The van der Waals surface area contributed by atoms with Crippen LogP contribution in [0, 0.1) is 17.0 Å². The van der Waals surface area contributed by atoms with Crippen LogP contribution >= 0.6 is 11.6 Å². The Labute approximate surface area is 84.6 Å². The normalized spacial score (nSPS) is 9.86. The van der Waals surface area contributed by atoms with Gasteiger partial charge in [-0.25, -0.2) is 0 Å². The summed E-state index contributed by atoms with van der Waals surface area (Å²) in [4.78, 5) is 20.8. The first-order valence-electron chi connectivity index (χ1n) is 3.68. The fourth-order valence-corrected chi connectivity index (χ4v) is 1.47. The van der Waals surface area contributed by atoms with Crippen LogP contribution in [-0.4, -0.2) is 10.8 Å². The molecule has 74 valence electrons. The molecule has 0 aliphatic rings. The van der Waals surface area contributed by atoms with Crippen molar-refractivity contribution in [2.75, 3.05) is 0 Å². The maximum Gasteiger partial charge on any atom is 0.283 e. The molecule has 1 aromatic rings. The zero-order chi connectivity index (χ0) is 10.9. The molecule has 1 aromatic carbocycles. The minimum atomic E-state index is -0.901. The van der Waals surface area contributed by atoms with Crippen molar-refractivity contribution >= 4 is 23.2 Å². The Balaban J connectivity index is 3.52. The number of nitro groups is 1. The lowest BCUT2D eigenvalue weighted by Crippen LogP contribution is -2.14. The average Bonchev–Trinajstić information content (AvgIpc) is 2.01. The number of carbonyl (C=O) groups excluding carboxylic acids is 1. The number of hydrogen-bond donors (Lipinski definition) is 1. The molecule has 1 rings (SSSR count). The molecule has 0 saturated carbocycles. The fourth-order valence-electron chi connectivity index (χ4n) is 1.11. The highest BCUT2D eigenvalue weighted by Crippen LogP contribution is 2.27. The Morgan fingerprint density at radius 1 is 1.57 bits per heavy atom. The van der Waals surface area contributed by atoms with E-state index in [9.17, 15) is 14.9 Å². The van der Waals surface area contributed by atoms with Gasteiger partial charge < -0.3 is 5.73 Å². The molecule has 0 saturated heterocycles. The zero-order valence-corrected chi connectivity index (χ0v) is 8.04. The SMILES string of the molecule is Cc1cc(Cl)c(C(N)=O)c([N+](=O)[O-])c1. The van der Waals surface area contributed by atoms with E-state index in [0.717, 1.165) is 0 Å². The van der Waals surface area contributed by atoms with E-state index >= 15 is 0 Å². The van der Waals surface area contributed by atoms with Gasteiger partial charge in [0.2, 0.25) is 0 Å². The van der Waals surface area contributed by atoms with Crippen molar-refractivity contribution in [2.24, 2.45) is 5.73 Å². The Morgan fingerprint density at radius 2 is 2.14 bits per heavy atom. The van der Waals surface area contributed by atoms with Crippen molar-refractivity contribution in [1.29, 1.82) is 0 Å². The van der Waals surface area contributed by atoms with Crippen LogP contribution in [0.25, 0.3) is 0 Å². The molecule has 0 fully saturated rings. The van der Waals surface area contributed by atoms with Crippen molar-refractivity contribution < 1.29 is 9.72 Å². The van der Waals surface area contributed by atoms with E-state index < -0.39 is 10.8 Å². The van der Waals surface area contributed by atoms with E-state index in [4.69, 9.17) is 17.3 Å². The Hall–Kier alpha value is -1.62. The number of primary amides is 1. The van der Waals surface area contributed by atoms with Gasteiger partial charge in [0.15, 0.2) is 0 Å². The summed E-state index contributed by atoms with van der Waals surface area (Å²) in [6.07, 6.45) is 0. The first-order chi connectivity index (χ1) is 6.43. The summed E-state index contributed by atoms with van der Waals surface area (Å²) in [5.41, 5.74) is 4.97. The molecule has 14 heavy (non-hydrogen) atoms. The number of aryl methyl sites for hydroxylation is 1. The van der Waals surface area contributed by atoms with Crippen LogP contribution in [0.2, 0.25) is 5.02 Å². The van der Waals surface area contributed by atoms with Gasteiger partial charge in [-0.05, 0) is 18.6 Å². The smallest absolute Gasteiger partial charge is 0.283 e. The predicted molar refractivity (Wildman–Crippen MR) is 51.4 cm³/mol. The highest BCUT2D eigenvalue weighted by atomic mass is 35.5. The van der Waals surface area contributed by atoms with E-state index in [0.29, 0.717) is 5.56 Å². The second-order valence-electron chi connectivity index (χ2n) is 2.76. The lowest BCUT2D eigenvalue weighted by molar-refractivity contribution is -0.385. The van der Waals surface area contributed by atoms with E-state index in [-0.39, 0.29) is 16.3 Å². The number of nitrogens with two attached hydrogens (primary N) is 1. The fraction of sp³-hybridized carbons (Fsp3) is 0.125. The number of halogens is 1. The maximum absolute atomic E-state index is 10.9. The van der Waals surface area contributed by atoms with Gasteiger partial charge in [0.25, 0.3) is 11.6 Å². The van der Waals surface area contributed by atoms with Crippen LogP contribution in [-0.2, 0) is 0 Å². The van der Waals surface area contributed by atoms with E-state index in [1.807, 2.05) is 0 Å². The summed E-state index contributed by atoms with van der Waals surface area (Å²) in [5, 5.41) is 10.6. The van der Waals surface area contributed by atoms with Crippen molar-refractivity contribution in [3.63, 3.8) is 0 Å². The number of carbonyl (C=O) groups is 1. The molecular weight excluding hydrogens is 208 g/mol. The van der Waals surface area contributed by atoms with Gasteiger partial charge in [-0.1, -0.05) is 11.6 Å². The van der Waals surface area contributed by atoms with Gasteiger partial charge in [-0.3, -0.25) is 14.9 Å². The second-order valence-corrected chi connectivity index (χ2v) is 3.17. The molecule has 0 unspecified atom stereocenters. The molecule has 2 N–H and O–H groups in total. The Kier molecular flexibility index (Phi) is 2.71. The minimum Gasteiger partial charge on any atom is -0.365 e. The summed E-state index contributed by atoms with van der Waals surface area (Å²) in [6, 6.07) is 2.71. The summed E-state index contributed by atoms with van der Waals surface area (Å²) < 4.78 is 0. The Morgan fingerprint density at radius 3 is 2.57 bits per heavy atom. The van der Waals surface area contributed by atoms with Gasteiger partial charge in [-0.2, -0.15) is 0 Å². The molecule has 0 aliphatic carbocycles. The van der Waals surface area contributed by atoms with Crippen molar-refractivity contribution in [2.45, 2.75) is 6.92 Å². The van der Waals surface area contributed by atoms with Crippen LogP contribution in [0.3, 0.4) is 0 Å². The average molecular weight is 215 g/mol. The van der Waals surface area contributed by atoms with E-state index in [2.05, 4.69) is 0 Å². The molecule has 0 heterocycles. The molecule has 0 aromatic heterocycles. The molecular formula is C8H7ClN2O3. The van der Waals surface area contributed by atoms with Crippen molar-refractivity contribution in [1.82, 2.24) is 0 Å². The molecule has 0 bridgehead atoms. The molecule has 5 nitrogen and oxygen atoms in total. The third kappa shape index (κ3) is 1.82. The quantitative estimate of drug-likeness (QED) is 0.600. The van der Waals surface area contributed by atoms with Gasteiger partial charge in [0, 0.05) is 6.07 Å². The standard InChI is InChI=1S/C8H7ClN2O3/c1-4-2-5(9)7(8(10)12)6(3-4)11(13)14/h2-3H,1H3,(H2,10,12). The van der Waals surface area contributed by atoms with Crippen LogP contribution in [0.15, 0.2) is 12.1 Å². The highest BCUT2D eigenvalue weighted by Gasteiger charge is 2.21. The molecule has 0 radical (unpaired) electrons. The van der Waals surface area contributed by atoms with Gasteiger partial charge >= 0.3 is 0 Å². The molecule has 6 heteroatoms. The molecule has 0 spiro atoms. The van der Waals surface area contributed by atoms with Crippen LogP contribution in [0.4, 0.5) is 5.69 Å².